The average molecular weight is 421 g/mol. The quantitative estimate of drug-likeness (QED) is 0.426. The molecule has 0 fully saturated rings. The number of nitrogens with zero attached hydrogens (tertiary/aromatic N) is 3. The maximum Gasteiger partial charge on any atom is 0.234 e. The highest BCUT2D eigenvalue weighted by Gasteiger charge is 2.17. The van der Waals surface area contributed by atoms with Gasteiger partial charge in [0.1, 0.15) is 16.2 Å². The minimum Gasteiger partial charge on any atom is -0.325 e. The summed E-state index contributed by atoms with van der Waals surface area (Å²) in [4.78, 5) is 17.1. The molecule has 0 spiro atoms. The molecule has 0 unspecified atom stereocenters. The highest BCUT2D eigenvalue weighted by Crippen LogP contribution is 2.35. The second-order valence-electron chi connectivity index (χ2n) is 6.48. The summed E-state index contributed by atoms with van der Waals surface area (Å²) in [5.41, 5.74) is 4.64. The Morgan fingerprint density at radius 3 is 2.62 bits per heavy atom. The van der Waals surface area contributed by atoms with E-state index in [0.717, 1.165) is 44.2 Å². The molecule has 0 bridgehead atoms. The van der Waals surface area contributed by atoms with E-state index in [-0.39, 0.29) is 11.7 Å². The fraction of sp³-hybridized carbons (Fsp3) is 0.182. The number of thiazole rings is 1. The molecule has 2 aromatic carbocycles. The van der Waals surface area contributed by atoms with Crippen molar-refractivity contribution < 1.29 is 4.79 Å². The molecular formula is C22H20N4OS2. The third-order valence-electron chi connectivity index (χ3n) is 4.45. The molecule has 0 aliphatic heterocycles. The summed E-state index contributed by atoms with van der Waals surface area (Å²) in [5.74, 6) is 0.188. The molecule has 146 valence electrons. The van der Waals surface area contributed by atoms with E-state index in [1.54, 1.807) is 11.3 Å². The van der Waals surface area contributed by atoms with Crippen molar-refractivity contribution in [2.75, 3.05) is 11.1 Å². The van der Waals surface area contributed by atoms with Crippen LogP contribution in [0.25, 0.3) is 21.5 Å². The van der Waals surface area contributed by atoms with Crippen LogP contribution in [0.15, 0.2) is 59.6 Å². The van der Waals surface area contributed by atoms with Crippen LogP contribution in [-0.2, 0) is 11.2 Å². The Morgan fingerprint density at radius 1 is 1.07 bits per heavy atom. The number of amides is 1. The zero-order valence-electron chi connectivity index (χ0n) is 16.2. The second kappa shape index (κ2) is 8.71. The molecule has 0 atom stereocenters. The molecular weight excluding hydrogens is 400 g/mol. The first-order valence-electron chi connectivity index (χ1n) is 9.35. The Hall–Kier alpha value is -2.77. The predicted molar refractivity (Wildman–Crippen MR) is 121 cm³/mol. The van der Waals surface area contributed by atoms with Gasteiger partial charge in [-0.25, -0.2) is 4.98 Å². The number of aryl methyl sites for hydroxylation is 2. The molecule has 0 aliphatic rings. The number of aromatic nitrogens is 3. The number of hydrogen-bond donors (Lipinski definition) is 1. The number of anilines is 1. The summed E-state index contributed by atoms with van der Waals surface area (Å²) in [6, 6.07) is 17.8. The zero-order valence-corrected chi connectivity index (χ0v) is 17.8. The van der Waals surface area contributed by atoms with E-state index in [1.165, 1.54) is 11.8 Å². The van der Waals surface area contributed by atoms with Crippen LogP contribution >= 0.6 is 23.1 Å². The van der Waals surface area contributed by atoms with Gasteiger partial charge in [0.05, 0.1) is 15.5 Å². The fourth-order valence-electron chi connectivity index (χ4n) is 3.07. The van der Waals surface area contributed by atoms with Gasteiger partial charge in [0.2, 0.25) is 5.91 Å². The van der Waals surface area contributed by atoms with Gasteiger partial charge in [-0.3, -0.25) is 4.79 Å². The van der Waals surface area contributed by atoms with Gasteiger partial charge < -0.3 is 5.32 Å². The Bertz CT molecular complexity index is 1160. The van der Waals surface area contributed by atoms with Crippen molar-refractivity contribution >= 4 is 44.9 Å². The van der Waals surface area contributed by atoms with Crippen LogP contribution in [0.2, 0.25) is 0 Å². The normalized spacial score (nSPS) is 11.0. The van der Waals surface area contributed by atoms with Gasteiger partial charge in [0.25, 0.3) is 0 Å². The van der Waals surface area contributed by atoms with Crippen molar-refractivity contribution in [2.24, 2.45) is 0 Å². The largest absolute Gasteiger partial charge is 0.325 e. The molecule has 1 N–H and O–H groups in total. The number of thioether (sulfide) groups is 1. The minimum atomic E-state index is -0.0649. The summed E-state index contributed by atoms with van der Waals surface area (Å²) in [6.07, 6.45) is 0.870. The van der Waals surface area contributed by atoms with E-state index in [0.29, 0.717) is 5.03 Å². The Morgan fingerprint density at radius 2 is 1.83 bits per heavy atom. The van der Waals surface area contributed by atoms with Crippen LogP contribution in [0, 0.1) is 6.92 Å². The Labute approximate surface area is 177 Å². The van der Waals surface area contributed by atoms with Gasteiger partial charge in [-0.15, -0.1) is 21.5 Å². The van der Waals surface area contributed by atoms with Crippen LogP contribution in [0.1, 0.15) is 17.5 Å². The number of benzene rings is 2. The topological polar surface area (TPSA) is 67.8 Å². The van der Waals surface area contributed by atoms with E-state index in [1.807, 2.05) is 61.5 Å². The minimum absolute atomic E-state index is 0.0649. The number of rotatable bonds is 6. The summed E-state index contributed by atoms with van der Waals surface area (Å²) in [6.45, 7) is 4.05. The average Bonchev–Trinajstić information content (AvgIpc) is 3.14. The van der Waals surface area contributed by atoms with Gasteiger partial charge in [0.15, 0.2) is 0 Å². The molecule has 1 amide bonds. The third-order valence-corrected chi connectivity index (χ3v) is 6.38. The van der Waals surface area contributed by atoms with Crippen LogP contribution in [0.4, 0.5) is 5.69 Å². The molecule has 2 heterocycles. The van der Waals surface area contributed by atoms with Crippen LogP contribution < -0.4 is 5.32 Å². The van der Waals surface area contributed by atoms with Crippen molar-refractivity contribution in [3.63, 3.8) is 0 Å². The van der Waals surface area contributed by atoms with E-state index in [4.69, 9.17) is 0 Å². The van der Waals surface area contributed by atoms with Crippen LogP contribution in [-0.4, -0.2) is 26.8 Å². The smallest absolute Gasteiger partial charge is 0.234 e. The lowest BCUT2D eigenvalue weighted by molar-refractivity contribution is -0.113. The summed E-state index contributed by atoms with van der Waals surface area (Å²) in [7, 11) is 0. The summed E-state index contributed by atoms with van der Waals surface area (Å²) in [5, 5.41) is 13.5. The lowest BCUT2D eigenvalue weighted by Crippen LogP contribution is -2.15. The summed E-state index contributed by atoms with van der Waals surface area (Å²) >= 11 is 2.97. The van der Waals surface area contributed by atoms with Crippen molar-refractivity contribution in [3.8, 4) is 11.3 Å². The molecule has 4 aromatic rings. The number of carbonyl (C=O) groups is 1. The number of hydrogen-bond acceptors (Lipinski definition) is 6. The Kier molecular flexibility index (Phi) is 5.87. The highest BCUT2D eigenvalue weighted by molar-refractivity contribution is 8.00. The molecule has 5 nitrogen and oxygen atoms in total. The predicted octanol–water partition coefficient (Wildman–Crippen LogP) is 5.35. The monoisotopic (exact) mass is 420 g/mol. The van der Waals surface area contributed by atoms with Gasteiger partial charge >= 0.3 is 0 Å². The molecule has 4 rings (SSSR count). The van der Waals surface area contributed by atoms with Crippen molar-refractivity contribution in [2.45, 2.75) is 25.3 Å². The molecule has 0 aliphatic carbocycles. The highest BCUT2D eigenvalue weighted by atomic mass is 32.2. The first-order valence-corrected chi connectivity index (χ1v) is 11.2. The molecule has 2 aromatic heterocycles. The van der Waals surface area contributed by atoms with Crippen molar-refractivity contribution in [1.82, 2.24) is 15.2 Å². The molecule has 0 radical (unpaired) electrons. The number of carbonyl (C=O) groups excluding carboxylic acids is 1. The lowest BCUT2D eigenvalue weighted by atomic mass is 10.1. The number of para-hydroxylation sites is 1. The third kappa shape index (κ3) is 4.31. The molecule has 0 saturated heterocycles. The van der Waals surface area contributed by atoms with E-state index >= 15 is 0 Å². The Balaban J connectivity index is 1.55. The number of fused-ring (bicyclic) bond motifs is 1. The maximum absolute atomic E-state index is 12.5. The lowest BCUT2D eigenvalue weighted by Gasteiger charge is -2.09. The standard InChI is InChI=1S/C22H20N4OS2/c1-3-15-9-7-8-12-17(15)24-18(27)13-28-22-20-21(29-14(2)23-20)19(25-26-22)16-10-5-4-6-11-16/h4-12H,3,13H2,1-2H3,(H,24,27). The SMILES string of the molecule is CCc1ccccc1NC(=O)CSc1nnc(-c2ccccc2)c2sc(C)nc12. The molecule has 7 heteroatoms. The van der Waals surface area contributed by atoms with Gasteiger partial charge in [-0.05, 0) is 25.0 Å². The van der Waals surface area contributed by atoms with Crippen LogP contribution in [0.3, 0.4) is 0 Å². The van der Waals surface area contributed by atoms with E-state index < -0.39 is 0 Å². The van der Waals surface area contributed by atoms with Gasteiger partial charge in [-0.2, -0.15) is 0 Å². The van der Waals surface area contributed by atoms with E-state index in [9.17, 15) is 4.79 Å². The first kappa shape index (κ1) is 19.5. The summed E-state index contributed by atoms with van der Waals surface area (Å²) < 4.78 is 1.00. The second-order valence-corrected chi connectivity index (χ2v) is 8.65. The van der Waals surface area contributed by atoms with Crippen LogP contribution in [0.5, 0.6) is 0 Å². The van der Waals surface area contributed by atoms with Gasteiger partial charge in [-0.1, -0.05) is 67.2 Å². The zero-order chi connectivity index (χ0) is 20.2. The van der Waals surface area contributed by atoms with E-state index in [2.05, 4.69) is 27.4 Å². The maximum atomic E-state index is 12.5. The first-order chi connectivity index (χ1) is 14.2. The van der Waals surface area contributed by atoms with Gasteiger partial charge in [0, 0.05) is 11.3 Å². The molecule has 0 saturated carbocycles. The number of nitrogens with one attached hydrogen (secondary N) is 1. The van der Waals surface area contributed by atoms with Crippen molar-refractivity contribution in [3.05, 3.63) is 65.2 Å². The fourth-order valence-corrected chi connectivity index (χ4v) is 4.79. The molecule has 29 heavy (non-hydrogen) atoms. The van der Waals surface area contributed by atoms with Crippen molar-refractivity contribution in [1.29, 1.82) is 0 Å².